The molecule has 0 spiro atoms. The second-order valence-electron chi connectivity index (χ2n) is 2.22. The first-order valence-corrected chi connectivity index (χ1v) is 4.27. The molecule has 0 aliphatic rings. The van der Waals surface area contributed by atoms with E-state index < -0.39 is 5.51 Å². The fourth-order valence-electron chi connectivity index (χ4n) is 0.810. The van der Waals surface area contributed by atoms with Gasteiger partial charge >= 0.3 is 5.51 Å². The lowest BCUT2D eigenvalue weighted by Gasteiger charge is -2.06. The zero-order valence-corrected chi connectivity index (χ0v) is 7.52. The smallest absolute Gasteiger partial charge is 0.211 e. The van der Waals surface area contributed by atoms with E-state index in [1.54, 1.807) is 0 Å². The Bertz CT molecular complexity index is 371. The Morgan fingerprint density at radius 2 is 1.93 bits per heavy atom. The standard InChI is InChI=1S/C8H4F3NOS/c9-8(10,11)14-7-4-2-1-3-6(7)12-5-13/h1-4H. The second kappa shape index (κ2) is 4.30. The Morgan fingerprint density at radius 1 is 1.29 bits per heavy atom. The molecule has 1 aromatic carbocycles. The highest BCUT2D eigenvalue weighted by atomic mass is 32.2. The SMILES string of the molecule is O=C=Nc1ccccc1SC(F)(F)F. The number of rotatable bonds is 2. The number of thioether (sulfide) groups is 1. The highest BCUT2D eigenvalue weighted by molar-refractivity contribution is 8.00. The number of hydrogen-bond donors (Lipinski definition) is 0. The van der Waals surface area contributed by atoms with Crippen LogP contribution in [0.3, 0.4) is 0 Å². The van der Waals surface area contributed by atoms with Gasteiger partial charge in [0, 0.05) is 4.90 Å². The lowest BCUT2D eigenvalue weighted by Crippen LogP contribution is -1.98. The fourth-order valence-corrected chi connectivity index (χ4v) is 1.42. The van der Waals surface area contributed by atoms with Gasteiger partial charge < -0.3 is 0 Å². The number of halogens is 3. The van der Waals surface area contributed by atoms with Gasteiger partial charge in [-0.05, 0) is 23.9 Å². The highest BCUT2D eigenvalue weighted by Crippen LogP contribution is 2.40. The molecule has 0 radical (unpaired) electrons. The molecule has 0 amide bonds. The number of carbonyl (C=O) groups excluding carboxylic acids is 1. The quantitative estimate of drug-likeness (QED) is 0.434. The molecule has 2 nitrogen and oxygen atoms in total. The van der Waals surface area contributed by atoms with Gasteiger partial charge in [-0.2, -0.15) is 18.2 Å². The summed E-state index contributed by atoms with van der Waals surface area (Å²) in [6.07, 6.45) is 1.20. The minimum Gasteiger partial charge on any atom is -0.211 e. The molecule has 0 aliphatic carbocycles. The van der Waals surface area contributed by atoms with E-state index in [1.807, 2.05) is 0 Å². The largest absolute Gasteiger partial charge is 0.446 e. The summed E-state index contributed by atoms with van der Waals surface area (Å²) in [6, 6.07) is 5.50. The van der Waals surface area contributed by atoms with Crippen LogP contribution in [-0.2, 0) is 4.79 Å². The van der Waals surface area contributed by atoms with E-state index in [0.717, 1.165) is 0 Å². The molecule has 0 unspecified atom stereocenters. The van der Waals surface area contributed by atoms with Crippen LogP contribution in [0.4, 0.5) is 18.9 Å². The van der Waals surface area contributed by atoms with Crippen molar-refractivity contribution in [2.45, 2.75) is 10.4 Å². The summed E-state index contributed by atoms with van der Waals surface area (Å²) in [4.78, 5) is 13.0. The normalized spacial score (nSPS) is 10.8. The third kappa shape index (κ3) is 3.24. The highest BCUT2D eigenvalue weighted by Gasteiger charge is 2.30. The molecule has 1 aromatic rings. The number of nitrogens with zero attached hydrogens (tertiary/aromatic N) is 1. The van der Waals surface area contributed by atoms with Gasteiger partial charge in [0.2, 0.25) is 6.08 Å². The molecule has 0 aromatic heterocycles. The maximum absolute atomic E-state index is 12.0. The van der Waals surface area contributed by atoms with Gasteiger partial charge in [0.1, 0.15) is 0 Å². The predicted molar refractivity (Wildman–Crippen MR) is 46.1 cm³/mol. The van der Waals surface area contributed by atoms with Gasteiger partial charge in [-0.15, -0.1) is 0 Å². The van der Waals surface area contributed by atoms with E-state index in [1.165, 1.54) is 30.3 Å². The van der Waals surface area contributed by atoms with Gasteiger partial charge in [0.15, 0.2) is 0 Å². The zero-order chi connectivity index (χ0) is 10.6. The number of alkyl halides is 3. The fraction of sp³-hybridized carbons (Fsp3) is 0.125. The first kappa shape index (κ1) is 10.8. The lowest BCUT2D eigenvalue weighted by atomic mass is 10.3. The summed E-state index contributed by atoms with van der Waals surface area (Å²) in [5.41, 5.74) is -4.40. The molecule has 0 bridgehead atoms. The number of benzene rings is 1. The maximum Gasteiger partial charge on any atom is 0.446 e. The van der Waals surface area contributed by atoms with Crippen LogP contribution < -0.4 is 0 Å². The first-order valence-electron chi connectivity index (χ1n) is 3.45. The van der Waals surface area contributed by atoms with Crippen LogP contribution in [0, 0.1) is 0 Å². The zero-order valence-electron chi connectivity index (χ0n) is 6.71. The summed E-state index contributed by atoms with van der Waals surface area (Å²) in [5, 5.41) is 0. The monoisotopic (exact) mass is 219 g/mol. The summed E-state index contributed by atoms with van der Waals surface area (Å²) in [7, 11) is 0. The van der Waals surface area contributed by atoms with Crippen molar-refractivity contribution in [2.24, 2.45) is 4.99 Å². The van der Waals surface area contributed by atoms with Crippen molar-refractivity contribution in [3.8, 4) is 0 Å². The predicted octanol–water partition coefficient (Wildman–Crippen LogP) is 3.27. The molecule has 0 aliphatic heterocycles. The molecular formula is C8H4F3NOS. The molecular weight excluding hydrogens is 215 g/mol. The molecule has 0 atom stereocenters. The van der Waals surface area contributed by atoms with Crippen LogP contribution in [0.25, 0.3) is 0 Å². The summed E-state index contributed by atoms with van der Waals surface area (Å²) >= 11 is -0.305. The molecule has 6 heteroatoms. The number of hydrogen-bond acceptors (Lipinski definition) is 3. The number of aliphatic imine (C=N–C) groups is 1. The van der Waals surface area contributed by atoms with Gasteiger partial charge in [-0.1, -0.05) is 12.1 Å². The molecule has 0 N–H and O–H groups in total. The molecule has 74 valence electrons. The average Bonchev–Trinajstić information content (AvgIpc) is 2.06. The summed E-state index contributed by atoms with van der Waals surface area (Å²) in [6.45, 7) is 0. The van der Waals surface area contributed by atoms with E-state index in [-0.39, 0.29) is 22.3 Å². The minimum absolute atomic E-state index is 0.0233. The van der Waals surface area contributed by atoms with E-state index in [4.69, 9.17) is 0 Å². The van der Waals surface area contributed by atoms with Crippen LogP contribution in [-0.4, -0.2) is 11.6 Å². The molecule has 0 heterocycles. The van der Waals surface area contributed by atoms with E-state index >= 15 is 0 Å². The Hall–Kier alpha value is -1.26. The Balaban J connectivity index is 3.01. The third-order valence-electron chi connectivity index (χ3n) is 1.26. The molecule has 1 rings (SSSR count). The van der Waals surface area contributed by atoms with Crippen molar-refractivity contribution in [3.05, 3.63) is 24.3 Å². The van der Waals surface area contributed by atoms with Gasteiger partial charge in [0.05, 0.1) is 5.69 Å². The van der Waals surface area contributed by atoms with E-state index in [9.17, 15) is 18.0 Å². The maximum atomic E-state index is 12.0. The summed E-state index contributed by atoms with van der Waals surface area (Å²) < 4.78 is 36.0. The summed E-state index contributed by atoms with van der Waals surface area (Å²) in [5.74, 6) is 0. The average molecular weight is 219 g/mol. The Labute approximate surface area is 81.8 Å². The third-order valence-corrected chi connectivity index (χ3v) is 2.05. The van der Waals surface area contributed by atoms with Crippen molar-refractivity contribution in [1.82, 2.24) is 0 Å². The van der Waals surface area contributed by atoms with Gasteiger partial charge in [-0.3, -0.25) is 0 Å². The van der Waals surface area contributed by atoms with Gasteiger partial charge in [-0.25, -0.2) is 4.79 Å². The Kier molecular flexibility index (Phi) is 3.33. The Morgan fingerprint density at radius 3 is 2.50 bits per heavy atom. The van der Waals surface area contributed by atoms with E-state index in [0.29, 0.717) is 0 Å². The van der Waals surface area contributed by atoms with Crippen LogP contribution in [0.5, 0.6) is 0 Å². The molecule has 0 saturated carbocycles. The van der Waals surface area contributed by atoms with E-state index in [2.05, 4.69) is 4.99 Å². The topological polar surface area (TPSA) is 29.4 Å². The van der Waals surface area contributed by atoms with Crippen LogP contribution in [0.15, 0.2) is 34.2 Å². The van der Waals surface area contributed by atoms with Crippen LogP contribution in [0.2, 0.25) is 0 Å². The number of isocyanates is 1. The minimum atomic E-state index is -4.38. The molecule has 0 saturated heterocycles. The van der Waals surface area contributed by atoms with Crippen molar-refractivity contribution < 1.29 is 18.0 Å². The second-order valence-corrected chi connectivity index (χ2v) is 3.33. The van der Waals surface area contributed by atoms with Crippen LogP contribution >= 0.6 is 11.8 Å². The first-order chi connectivity index (χ1) is 6.53. The van der Waals surface area contributed by atoms with Crippen molar-refractivity contribution in [1.29, 1.82) is 0 Å². The van der Waals surface area contributed by atoms with Crippen molar-refractivity contribution in [2.75, 3.05) is 0 Å². The molecule has 14 heavy (non-hydrogen) atoms. The van der Waals surface area contributed by atoms with Crippen molar-refractivity contribution in [3.63, 3.8) is 0 Å². The lowest BCUT2D eigenvalue weighted by molar-refractivity contribution is -0.0328. The van der Waals surface area contributed by atoms with Crippen molar-refractivity contribution >= 4 is 23.5 Å². The molecule has 0 fully saturated rings. The number of para-hydroxylation sites is 1. The van der Waals surface area contributed by atoms with Crippen LogP contribution in [0.1, 0.15) is 0 Å². The van der Waals surface area contributed by atoms with Gasteiger partial charge in [0.25, 0.3) is 0 Å².